The van der Waals surface area contributed by atoms with Crippen LogP contribution >= 0.6 is 35.0 Å². The van der Waals surface area contributed by atoms with Gasteiger partial charge in [0.2, 0.25) is 0 Å². The number of aromatic nitrogens is 1. The van der Waals surface area contributed by atoms with E-state index in [0.717, 1.165) is 17.4 Å². The molecular formula is C13H18Cl2N2S. The van der Waals surface area contributed by atoms with Crippen LogP contribution in [0, 0.1) is 0 Å². The molecule has 5 heteroatoms. The van der Waals surface area contributed by atoms with Gasteiger partial charge in [-0.25, -0.2) is 4.98 Å². The number of hydrogen-bond donors (Lipinski definition) is 1. The molecule has 1 aromatic rings. The molecule has 1 fully saturated rings. The van der Waals surface area contributed by atoms with Crippen LogP contribution in [0.1, 0.15) is 39.0 Å². The van der Waals surface area contributed by atoms with Crippen molar-refractivity contribution in [2.24, 2.45) is 0 Å². The molecule has 0 amide bonds. The molecule has 0 bridgehead atoms. The van der Waals surface area contributed by atoms with Crippen molar-refractivity contribution in [2.75, 3.05) is 11.9 Å². The van der Waals surface area contributed by atoms with Crippen molar-refractivity contribution >= 4 is 40.8 Å². The highest BCUT2D eigenvalue weighted by molar-refractivity contribution is 8.00. The first-order chi connectivity index (χ1) is 8.70. The van der Waals surface area contributed by atoms with E-state index in [1.807, 2.05) is 6.92 Å². The Bertz CT molecular complexity index is 406. The SMILES string of the molecule is CCNc1nc(SC2CCCCC2)c(Cl)cc1Cl. The Morgan fingerprint density at radius 1 is 1.28 bits per heavy atom. The van der Waals surface area contributed by atoms with Gasteiger partial charge in [-0.05, 0) is 25.8 Å². The van der Waals surface area contributed by atoms with Gasteiger partial charge in [-0.15, -0.1) is 11.8 Å². The summed E-state index contributed by atoms with van der Waals surface area (Å²) in [5.74, 6) is 0.738. The second kappa shape index (κ2) is 6.88. The van der Waals surface area contributed by atoms with E-state index in [4.69, 9.17) is 23.2 Å². The van der Waals surface area contributed by atoms with E-state index in [-0.39, 0.29) is 0 Å². The third-order valence-corrected chi connectivity index (χ3v) is 5.10. The van der Waals surface area contributed by atoms with Crippen LogP contribution in [-0.2, 0) is 0 Å². The Labute approximate surface area is 123 Å². The Kier molecular flexibility index (Phi) is 5.46. The van der Waals surface area contributed by atoms with Gasteiger partial charge in [-0.2, -0.15) is 0 Å². The zero-order valence-corrected chi connectivity index (χ0v) is 12.8. The van der Waals surface area contributed by atoms with E-state index in [1.165, 1.54) is 32.1 Å². The summed E-state index contributed by atoms with van der Waals surface area (Å²) in [6.45, 7) is 2.84. The molecule has 0 spiro atoms. The van der Waals surface area contributed by atoms with Gasteiger partial charge in [0.15, 0.2) is 0 Å². The fourth-order valence-corrected chi connectivity index (χ4v) is 3.92. The van der Waals surface area contributed by atoms with E-state index in [2.05, 4.69) is 10.3 Å². The molecular weight excluding hydrogens is 287 g/mol. The van der Waals surface area contributed by atoms with Gasteiger partial charge in [0, 0.05) is 11.8 Å². The van der Waals surface area contributed by atoms with Crippen molar-refractivity contribution in [1.82, 2.24) is 4.98 Å². The van der Waals surface area contributed by atoms with Crippen LogP contribution in [0.25, 0.3) is 0 Å². The molecule has 0 aromatic carbocycles. The number of halogens is 2. The third-order valence-electron chi connectivity index (χ3n) is 3.07. The van der Waals surface area contributed by atoms with Gasteiger partial charge < -0.3 is 5.32 Å². The van der Waals surface area contributed by atoms with E-state index in [0.29, 0.717) is 15.3 Å². The lowest BCUT2D eigenvalue weighted by Gasteiger charge is -2.21. The maximum absolute atomic E-state index is 6.23. The Hall–Kier alpha value is -0.120. The van der Waals surface area contributed by atoms with E-state index in [9.17, 15) is 0 Å². The maximum Gasteiger partial charge on any atom is 0.146 e. The highest BCUT2D eigenvalue weighted by Crippen LogP contribution is 2.38. The number of thioether (sulfide) groups is 1. The smallest absolute Gasteiger partial charge is 0.146 e. The largest absolute Gasteiger partial charge is 0.369 e. The van der Waals surface area contributed by atoms with E-state index >= 15 is 0 Å². The fraction of sp³-hybridized carbons (Fsp3) is 0.615. The molecule has 0 atom stereocenters. The quantitative estimate of drug-likeness (QED) is 0.823. The number of nitrogens with one attached hydrogen (secondary N) is 1. The zero-order valence-electron chi connectivity index (χ0n) is 10.5. The molecule has 1 saturated carbocycles. The second-order valence-corrected chi connectivity index (χ2v) is 6.62. The van der Waals surface area contributed by atoms with E-state index in [1.54, 1.807) is 17.8 Å². The number of anilines is 1. The monoisotopic (exact) mass is 304 g/mol. The van der Waals surface area contributed by atoms with Crippen molar-refractivity contribution in [1.29, 1.82) is 0 Å². The third kappa shape index (κ3) is 3.69. The lowest BCUT2D eigenvalue weighted by molar-refractivity contribution is 0.516. The normalized spacial score (nSPS) is 16.8. The van der Waals surface area contributed by atoms with Crippen LogP contribution in [0.3, 0.4) is 0 Å². The Balaban J connectivity index is 2.12. The van der Waals surface area contributed by atoms with Crippen molar-refractivity contribution in [3.63, 3.8) is 0 Å². The molecule has 18 heavy (non-hydrogen) atoms. The van der Waals surface area contributed by atoms with Crippen LogP contribution in [-0.4, -0.2) is 16.8 Å². The minimum atomic E-state index is 0.592. The molecule has 2 nitrogen and oxygen atoms in total. The van der Waals surface area contributed by atoms with E-state index < -0.39 is 0 Å². The molecule has 1 N–H and O–H groups in total. The van der Waals surface area contributed by atoms with Crippen molar-refractivity contribution in [3.05, 3.63) is 16.1 Å². The predicted octanol–water partition coefficient (Wildman–Crippen LogP) is 5.25. The summed E-state index contributed by atoms with van der Waals surface area (Å²) in [7, 11) is 0. The summed E-state index contributed by atoms with van der Waals surface area (Å²) in [5.41, 5.74) is 0. The van der Waals surface area contributed by atoms with Gasteiger partial charge in [0.05, 0.1) is 10.0 Å². The van der Waals surface area contributed by atoms with Crippen molar-refractivity contribution < 1.29 is 0 Å². The summed E-state index contributed by atoms with van der Waals surface area (Å²) in [4.78, 5) is 4.54. The van der Waals surface area contributed by atoms with Gasteiger partial charge in [0.25, 0.3) is 0 Å². The summed E-state index contributed by atoms with van der Waals surface area (Å²) in [5, 5.41) is 5.98. The molecule has 1 heterocycles. The summed E-state index contributed by atoms with van der Waals surface area (Å²) < 4.78 is 0. The Morgan fingerprint density at radius 2 is 2.00 bits per heavy atom. The van der Waals surface area contributed by atoms with Crippen LogP contribution in [0.5, 0.6) is 0 Å². The lowest BCUT2D eigenvalue weighted by Crippen LogP contribution is -2.09. The fourth-order valence-electron chi connectivity index (χ4n) is 2.16. The maximum atomic E-state index is 6.23. The number of nitrogens with zero attached hydrogens (tertiary/aromatic N) is 1. The molecule has 0 radical (unpaired) electrons. The minimum Gasteiger partial charge on any atom is -0.369 e. The first-order valence-electron chi connectivity index (χ1n) is 6.47. The van der Waals surface area contributed by atoms with Gasteiger partial charge in [0.1, 0.15) is 10.8 Å². The summed E-state index contributed by atoms with van der Waals surface area (Å²) in [6, 6.07) is 1.79. The molecule has 1 aliphatic rings. The molecule has 1 aromatic heterocycles. The molecule has 0 saturated heterocycles. The van der Waals surface area contributed by atoms with Crippen LogP contribution in [0.2, 0.25) is 10.0 Å². The van der Waals surface area contributed by atoms with Gasteiger partial charge in [-0.1, -0.05) is 42.5 Å². The first kappa shape index (κ1) is 14.3. The number of pyridine rings is 1. The highest BCUT2D eigenvalue weighted by Gasteiger charge is 2.18. The highest BCUT2D eigenvalue weighted by atomic mass is 35.5. The molecule has 0 aliphatic heterocycles. The van der Waals surface area contributed by atoms with Gasteiger partial charge in [-0.3, -0.25) is 0 Å². The van der Waals surface area contributed by atoms with Crippen molar-refractivity contribution in [2.45, 2.75) is 49.3 Å². The minimum absolute atomic E-state index is 0.592. The van der Waals surface area contributed by atoms with Crippen LogP contribution < -0.4 is 5.32 Å². The Morgan fingerprint density at radius 3 is 2.67 bits per heavy atom. The standard InChI is InChI=1S/C13H18Cl2N2S/c1-2-16-12-10(14)8-11(15)13(17-12)18-9-6-4-3-5-7-9/h8-9H,2-7H2,1H3,(H,16,17). The lowest BCUT2D eigenvalue weighted by atomic mass is 10.0. The van der Waals surface area contributed by atoms with Crippen molar-refractivity contribution in [3.8, 4) is 0 Å². The average Bonchev–Trinajstić information content (AvgIpc) is 2.37. The molecule has 2 rings (SSSR count). The second-order valence-electron chi connectivity index (χ2n) is 4.51. The average molecular weight is 305 g/mol. The molecule has 1 aliphatic carbocycles. The molecule has 0 unspecified atom stereocenters. The zero-order chi connectivity index (χ0) is 13.0. The van der Waals surface area contributed by atoms with Crippen LogP contribution in [0.4, 0.5) is 5.82 Å². The topological polar surface area (TPSA) is 24.9 Å². The first-order valence-corrected chi connectivity index (χ1v) is 8.11. The van der Waals surface area contributed by atoms with Gasteiger partial charge >= 0.3 is 0 Å². The number of hydrogen-bond acceptors (Lipinski definition) is 3. The van der Waals surface area contributed by atoms with Crippen LogP contribution in [0.15, 0.2) is 11.1 Å². The predicted molar refractivity (Wildman–Crippen MR) is 81.2 cm³/mol. The summed E-state index contributed by atoms with van der Waals surface area (Å²) >= 11 is 14.1. The summed E-state index contributed by atoms with van der Waals surface area (Å²) in [6.07, 6.45) is 6.54. The number of rotatable bonds is 4. The molecule has 100 valence electrons.